The largest absolute Gasteiger partial charge is 0.494 e. The smallest absolute Gasteiger partial charge is 0.399 e. The van der Waals surface area contributed by atoms with Gasteiger partial charge in [-0.1, -0.05) is 18.2 Å². The van der Waals surface area contributed by atoms with Gasteiger partial charge >= 0.3 is 12.8 Å². The molecule has 0 bridgehead atoms. The number of benzene rings is 2. The first-order valence-electron chi connectivity index (χ1n) is 14.2. The van der Waals surface area contributed by atoms with Crippen molar-refractivity contribution >= 4 is 41.1 Å². The summed E-state index contributed by atoms with van der Waals surface area (Å²) in [5, 5.41) is 2.37. The lowest BCUT2D eigenvalue weighted by Crippen LogP contribution is -2.44. The van der Waals surface area contributed by atoms with Crippen LogP contribution >= 0.6 is 0 Å². The summed E-state index contributed by atoms with van der Waals surface area (Å²) >= 11 is 0. The molecule has 10 heteroatoms. The number of amides is 2. The zero-order valence-corrected chi connectivity index (χ0v) is 23.9. The van der Waals surface area contributed by atoms with Crippen molar-refractivity contribution in [1.82, 2.24) is 14.5 Å². The lowest BCUT2D eigenvalue weighted by molar-refractivity contribution is -0.135. The van der Waals surface area contributed by atoms with Gasteiger partial charge in [-0.2, -0.15) is 0 Å². The Morgan fingerprint density at radius 2 is 1.52 bits per heavy atom. The Hall–Kier alpha value is -3.37. The fourth-order valence-electron chi connectivity index (χ4n) is 6.16. The minimum absolute atomic E-state index is 0.233. The van der Waals surface area contributed by atoms with E-state index in [1.165, 1.54) is 15.8 Å². The van der Waals surface area contributed by atoms with Crippen molar-refractivity contribution in [1.29, 1.82) is 0 Å². The van der Waals surface area contributed by atoms with Gasteiger partial charge in [0.1, 0.15) is 6.04 Å². The van der Waals surface area contributed by atoms with E-state index in [0.717, 1.165) is 42.4 Å². The molecule has 3 aliphatic rings. The van der Waals surface area contributed by atoms with Gasteiger partial charge in [0.2, 0.25) is 11.8 Å². The molecular weight excluding hydrogens is 507 g/mol. The van der Waals surface area contributed by atoms with E-state index in [2.05, 4.69) is 74.3 Å². The van der Waals surface area contributed by atoms with Crippen LogP contribution < -0.4 is 21.4 Å². The molecule has 3 aliphatic heterocycles. The summed E-state index contributed by atoms with van der Waals surface area (Å²) in [6.45, 7) is 10.1. The number of nitrogens with zero attached hydrogens (tertiary/aromatic N) is 3. The van der Waals surface area contributed by atoms with Crippen LogP contribution in [0.1, 0.15) is 70.9 Å². The Labute approximate surface area is 234 Å². The van der Waals surface area contributed by atoms with E-state index in [4.69, 9.17) is 9.31 Å². The third kappa shape index (κ3) is 4.47. The molecule has 210 valence electrons. The molecule has 6 rings (SSSR count). The van der Waals surface area contributed by atoms with E-state index in [-0.39, 0.29) is 36.3 Å². The van der Waals surface area contributed by atoms with Crippen molar-refractivity contribution in [3.63, 3.8) is 0 Å². The number of nitrogens with one attached hydrogen (secondary N) is 1. The molecule has 0 spiro atoms. The minimum Gasteiger partial charge on any atom is -0.399 e. The maximum Gasteiger partial charge on any atom is 0.494 e. The number of anilines is 1. The second kappa shape index (κ2) is 9.63. The summed E-state index contributed by atoms with van der Waals surface area (Å²) in [6, 6.07) is 14.0. The molecular formula is C30H37BN4O5. The van der Waals surface area contributed by atoms with Gasteiger partial charge in [0.25, 0.3) is 0 Å². The molecule has 1 atom stereocenters. The Morgan fingerprint density at radius 1 is 0.875 bits per heavy atom. The number of imide groups is 1. The van der Waals surface area contributed by atoms with Crippen molar-refractivity contribution in [3.05, 3.63) is 58.5 Å². The van der Waals surface area contributed by atoms with Crippen molar-refractivity contribution in [2.45, 2.75) is 76.5 Å². The van der Waals surface area contributed by atoms with Crippen LogP contribution in [0, 0.1) is 0 Å². The fraction of sp³-hybridized carbons (Fsp3) is 0.500. The van der Waals surface area contributed by atoms with E-state index < -0.39 is 11.9 Å². The SMILES string of the molecule is Cn1c(=O)n(C2CCC(=O)NC2=O)c2ccc(C3CCN(c4ccc(B5OC(C)(C)C(C)(C)O5)cc4)CC3)cc21. The number of carbonyl (C=O) groups is 2. The molecule has 1 aromatic heterocycles. The monoisotopic (exact) mass is 544 g/mol. The Kier molecular flexibility index (Phi) is 6.46. The van der Waals surface area contributed by atoms with Crippen molar-refractivity contribution in [2.75, 3.05) is 18.0 Å². The van der Waals surface area contributed by atoms with E-state index >= 15 is 0 Å². The summed E-state index contributed by atoms with van der Waals surface area (Å²) in [6.07, 6.45) is 2.58. The molecule has 1 unspecified atom stereocenters. The van der Waals surface area contributed by atoms with Gasteiger partial charge in [0.05, 0.1) is 22.2 Å². The molecule has 40 heavy (non-hydrogen) atoms. The van der Waals surface area contributed by atoms with Crippen LogP contribution in [0.4, 0.5) is 5.69 Å². The van der Waals surface area contributed by atoms with Gasteiger partial charge in [-0.25, -0.2) is 4.79 Å². The normalized spacial score (nSPS) is 23.2. The molecule has 1 N–H and O–H groups in total. The maximum absolute atomic E-state index is 13.1. The van der Waals surface area contributed by atoms with Crippen LogP contribution in [0.3, 0.4) is 0 Å². The second-order valence-electron chi connectivity index (χ2n) is 12.4. The molecule has 0 saturated carbocycles. The number of hydrogen-bond acceptors (Lipinski definition) is 6. The minimum atomic E-state index is -0.667. The highest BCUT2D eigenvalue weighted by Gasteiger charge is 2.51. The highest BCUT2D eigenvalue weighted by molar-refractivity contribution is 6.62. The van der Waals surface area contributed by atoms with Crippen LogP contribution in [0.15, 0.2) is 47.3 Å². The summed E-state index contributed by atoms with van der Waals surface area (Å²) in [7, 11) is 1.38. The Morgan fingerprint density at radius 3 is 2.15 bits per heavy atom. The predicted octanol–water partition coefficient (Wildman–Crippen LogP) is 3.00. The summed E-state index contributed by atoms with van der Waals surface area (Å²) in [4.78, 5) is 39.6. The molecule has 2 amide bonds. The zero-order chi connectivity index (χ0) is 28.4. The number of aromatic nitrogens is 2. The second-order valence-corrected chi connectivity index (χ2v) is 12.4. The van der Waals surface area contributed by atoms with E-state index in [1.54, 1.807) is 11.6 Å². The predicted molar refractivity (Wildman–Crippen MR) is 155 cm³/mol. The highest BCUT2D eigenvalue weighted by Crippen LogP contribution is 2.37. The van der Waals surface area contributed by atoms with Crippen LogP contribution in [0.25, 0.3) is 11.0 Å². The van der Waals surface area contributed by atoms with E-state index in [1.807, 2.05) is 6.07 Å². The van der Waals surface area contributed by atoms with Gasteiger partial charge in [-0.3, -0.25) is 24.0 Å². The molecule has 2 aromatic carbocycles. The van der Waals surface area contributed by atoms with Crippen LogP contribution in [-0.2, 0) is 25.9 Å². The van der Waals surface area contributed by atoms with Gasteiger partial charge < -0.3 is 14.2 Å². The third-order valence-electron chi connectivity index (χ3n) is 9.39. The number of aryl methyl sites for hydroxylation is 1. The fourth-order valence-corrected chi connectivity index (χ4v) is 6.16. The molecule has 3 fully saturated rings. The van der Waals surface area contributed by atoms with Gasteiger partial charge in [0.15, 0.2) is 0 Å². The molecule has 3 aromatic rings. The van der Waals surface area contributed by atoms with Crippen molar-refractivity contribution in [2.24, 2.45) is 7.05 Å². The maximum atomic E-state index is 13.1. The highest BCUT2D eigenvalue weighted by atomic mass is 16.7. The molecule has 4 heterocycles. The molecule has 0 aliphatic carbocycles. The first-order chi connectivity index (χ1) is 18.9. The number of piperidine rings is 2. The van der Waals surface area contributed by atoms with Crippen LogP contribution in [0.2, 0.25) is 0 Å². The summed E-state index contributed by atoms with van der Waals surface area (Å²) < 4.78 is 15.5. The average Bonchev–Trinajstić information content (AvgIpc) is 3.30. The summed E-state index contributed by atoms with van der Waals surface area (Å²) in [5.74, 6) is -0.311. The van der Waals surface area contributed by atoms with E-state index in [9.17, 15) is 14.4 Å². The number of carbonyl (C=O) groups excluding carboxylic acids is 2. The van der Waals surface area contributed by atoms with Gasteiger partial charge in [-0.15, -0.1) is 0 Å². The number of imidazole rings is 1. The van der Waals surface area contributed by atoms with Gasteiger partial charge in [-0.05, 0) is 88.2 Å². The van der Waals surface area contributed by atoms with E-state index in [0.29, 0.717) is 12.3 Å². The third-order valence-corrected chi connectivity index (χ3v) is 9.39. The summed E-state index contributed by atoms with van der Waals surface area (Å²) in [5.41, 5.74) is 4.01. The Bertz CT molecular complexity index is 1520. The lowest BCUT2D eigenvalue weighted by atomic mass is 9.79. The Balaban J connectivity index is 1.14. The molecule has 3 saturated heterocycles. The zero-order valence-electron chi connectivity index (χ0n) is 23.9. The van der Waals surface area contributed by atoms with Crippen molar-refractivity contribution in [3.8, 4) is 0 Å². The molecule has 9 nitrogen and oxygen atoms in total. The topological polar surface area (TPSA) is 94.8 Å². The number of fused-ring (bicyclic) bond motifs is 1. The van der Waals surface area contributed by atoms with Crippen LogP contribution in [0.5, 0.6) is 0 Å². The first-order valence-corrected chi connectivity index (χ1v) is 14.2. The van der Waals surface area contributed by atoms with Crippen molar-refractivity contribution < 1.29 is 18.9 Å². The van der Waals surface area contributed by atoms with Gasteiger partial charge in [0, 0.05) is 32.2 Å². The lowest BCUT2D eigenvalue weighted by Gasteiger charge is -2.34. The molecule has 0 radical (unpaired) electrons. The average molecular weight is 544 g/mol. The van der Waals surface area contributed by atoms with Crippen LogP contribution in [-0.4, -0.2) is 52.4 Å². The number of rotatable bonds is 4. The standard InChI is InChI=1S/C30H37BN4O5/c1-29(2)30(3,4)40-31(39-29)21-7-9-22(10-8-21)34-16-14-19(15-17-34)20-6-11-23-25(18-20)33(5)28(38)35(23)24-12-13-26(36)32-27(24)37/h6-11,18-19,24H,12-17H2,1-5H3,(H,32,36,37). The first kappa shape index (κ1) is 26.8. The number of hydrogen-bond donors (Lipinski definition) is 1. The quantitative estimate of drug-likeness (QED) is 0.401.